The third-order valence-electron chi connectivity index (χ3n) is 3.17. The lowest BCUT2D eigenvalue weighted by Crippen LogP contribution is -2.39. The van der Waals surface area contributed by atoms with Crippen LogP contribution in [0, 0.1) is 0 Å². The van der Waals surface area contributed by atoms with Gasteiger partial charge in [-0.2, -0.15) is 0 Å². The fourth-order valence-electron chi connectivity index (χ4n) is 1.95. The van der Waals surface area contributed by atoms with Crippen molar-refractivity contribution in [3.63, 3.8) is 0 Å². The summed E-state index contributed by atoms with van der Waals surface area (Å²) in [5.41, 5.74) is 0.589. The molecule has 0 heterocycles. The molecule has 0 spiro atoms. The number of rotatable bonds is 10. The first kappa shape index (κ1) is 26.7. The SMILES string of the molecule is CCNC(=NCC(O)c1cc(Cl)cc(Cl)c1)NCCOCCS(C)(=O)=O.I. The van der Waals surface area contributed by atoms with Crippen LogP contribution in [0.15, 0.2) is 23.2 Å². The Labute approximate surface area is 187 Å². The molecule has 0 aliphatic rings. The molecule has 1 aromatic rings. The molecule has 0 fully saturated rings. The Morgan fingerprint density at radius 1 is 1.22 bits per heavy atom. The summed E-state index contributed by atoms with van der Waals surface area (Å²) in [5.74, 6) is 0.515. The maximum Gasteiger partial charge on any atom is 0.191 e. The first-order chi connectivity index (χ1) is 12.2. The van der Waals surface area contributed by atoms with E-state index in [1.165, 1.54) is 6.26 Å². The Hall–Kier alpha value is -0.330. The second-order valence-electron chi connectivity index (χ2n) is 5.61. The van der Waals surface area contributed by atoms with E-state index >= 15 is 0 Å². The van der Waals surface area contributed by atoms with Gasteiger partial charge in [-0.25, -0.2) is 8.42 Å². The van der Waals surface area contributed by atoms with E-state index in [1.807, 2.05) is 6.92 Å². The van der Waals surface area contributed by atoms with Crippen molar-refractivity contribution in [1.82, 2.24) is 10.6 Å². The molecule has 0 aliphatic heterocycles. The van der Waals surface area contributed by atoms with Gasteiger partial charge in [0.1, 0.15) is 9.84 Å². The lowest BCUT2D eigenvalue weighted by atomic mass is 10.1. The number of nitrogens with zero attached hydrogens (tertiary/aromatic N) is 1. The molecule has 1 rings (SSSR count). The van der Waals surface area contributed by atoms with Crippen molar-refractivity contribution in [3.8, 4) is 0 Å². The highest BCUT2D eigenvalue weighted by molar-refractivity contribution is 14.0. The maximum atomic E-state index is 11.0. The number of hydrogen-bond acceptors (Lipinski definition) is 5. The normalized spacial score (nSPS) is 13.0. The minimum Gasteiger partial charge on any atom is -0.386 e. The van der Waals surface area contributed by atoms with Gasteiger partial charge in [-0.15, -0.1) is 24.0 Å². The monoisotopic (exact) mass is 553 g/mol. The zero-order chi connectivity index (χ0) is 19.6. The topological polar surface area (TPSA) is 100 Å². The van der Waals surface area contributed by atoms with Crippen molar-refractivity contribution in [2.45, 2.75) is 13.0 Å². The number of guanidine groups is 1. The van der Waals surface area contributed by atoms with Crippen LogP contribution in [0.3, 0.4) is 0 Å². The molecule has 3 N–H and O–H groups in total. The van der Waals surface area contributed by atoms with Gasteiger partial charge in [0.05, 0.1) is 31.6 Å². The predicted octanol–water partition coefficient (Wildman–Crippen LogP) is 2.26. The highest BCUT2D eigenvalue weighted by Gasteiger charge is 2.10. The van der Waals surface area contributed by atoms with Crippen molar-refractivity contribution in [2.75, 3.05) is 44.9 Å². The first-order valence-corrected chi connectivity index (χ1v) is 10.9. The van der Waals surface area contributed by atoms with E-state index in [0.717, 1.165) is 0 Å². The van der Waals surface area contributed by atoms with Crippen LogP contribution in [0.2, 0.25) is 10.0 Å². The van der Waals surface area contributed by atoms with Gasteiger partial charge in [-0.1, -0.05) is 23.2 Å². The van der Waals surface area contributed by atoms with E-state index in [4.69, 9.17) is 27.9 Å². The average Bonchev–Trinajstić information content (AvgIpc) is 2.53. The Morgan fingerprint density at radius 3 is 2.41 bits per heavy atom. The second kappa shape index (κ2) is 13.8. The number of hydrogen-bond donors (Lipinski definition) is 3. The molecule has 0 amide bonds. The summed E-state index contributed by atoms with van der Waals surface area (Å²) in [6, 6.07) is 4.88. The van der Waals surface area contributed by atoms with Gasteiger partial charge in [-0.3, -0.25) is 4.99 Å². The van der Waals surface area contributed by atoms with Crippen LogP contribution >= 0.6 is 47.2 Å². The minimum absolute atomic E-state index is 0. The van der Waals surface area contributed by atoms with Crippen molar-refractivity contribution in [2.24, 2.45) is 4.99 Å². The number of sulfone groups is 1. The third-order valence-corrected chi connectivity index (χ3v) is 4.52. The predicted molar refractivity (Wildman–Crippen MR) is 121 cm³/mol. The molecular formula is C16H26Cl2IN3O4S. The minimum atomic E-state index is -3.02. The molecule has 0 saturated carbocycles. The van der Waals surface area contributed by atoms with Crippen LogP contribution in [0.4, 0.5) is 0 Å². The summed E-state index contributed by atoms with van der Waals surface area (Å²) in [4.78, 5) is 4.31. The van der Waals surface area contributed by atoms with Crippen LogP contribution in [-0.4, -0.2) is 64.3 Å². The molecule has 0 aliphatic carbocycles. The van der Waals surface area contributed by atoms with E-state index in [0.29, 0.717) is 41.3 Å². The molecule has 0 radical (unpaired) electrons. The van der Waals surface area contributed by atoms with Crippen LogP contribution in [-0.2, 0) is 14.6 Å². The number of halogens is 3. The average molecular weight is 554 g/mol. The zero-order valence-electron chi connectivity index (χ0n) is 15.2. The maximum absolute atomic E-state index is 11.0. The Morgan fingerprint density at radius 2 is 1.85 bits per heavy atom. The fourth-order valence-corrected chi connectivity index (χ4v) is 2.91. The molecule has 11 heteroatoms. The van der Waals surface area contributed by atoms with Gasteiger partial charge in [0.25, 0.3) is 0 Å². The van der Waals surface area contributed by atoms with E-state index in [1.54, 1.807) is 18.2 Å². The molecule has 27 heavy (non-hydrogen) atoms. The van der Waals surface area contributed by atoms with E-state index in [-0.39, 0.29) is 42.9 Å². The summed E-state index contributed by atoms with van der Waals surface area (Å²) < 4.78 is 27.3. The Balaban J connectivity index is 0.00000676. The second-order valence-corrected chi connectivity index (χ2v) is 8.74. The standard InChI is InChI=1S/C16H25Cl2N3O4S.HI/c1-3-19-16(20-4-5-25-6-7-26(2,23)24)21-11-15(22)12-8-13(17)10-14(18)9-12;/h8-10,15,22H,3-7,11H2,1-2H3,(H2,19,20,21);1H. The summed E-state index contributed by atoms with van der Waals surface area (Å²) in [6.45, 7) is 3.65. The quantitative estimate of drug-likeness (QED) is 0.178. The molecule has 1 aromatic carbocycles. The molecule has 7 nitrogen and oxygen atoms in total. The van der Waals surface area contributed by atoms with Gasteiger partial charge < -0.3 is 20.5 Å². The van der Waals surface area contributed by atoms with Crippen LogP contribution < -0.4 is 10.6 Å². The summed E-state index contributed by atoms with van der Waals surface area (Å²) in [6.07, 6.45) is 0.329. The highest BCUT2D eigenvalue weighted by Crippen LogP contribution is 2.23. The molecule has 0 bridgehead atoms. The molecular weight excluding hydrogens is 528 g/mol. The molecule has 1 atom stereocenters. The molecule has 0 aromatic heterocycles. The highest BCUT2D eigenvalue weighted by atomic mass is 127. The summed E-state index contributed by atoms with van der Waals surface area (Å²) in [5, 5.41) is 17.2. The number of aliphatic imine (C=N–C) groups is 1. The van der Waals surface area contributed by atoms with Gasteiger partial charge in [0, 0.05) is 29.4 Å². The van der Waals surface area contributed by atoms with Gasteiger partial charge in [0.15, 0.2) is 5.96 Å². The van der Waals surface area contributed by atoms with Gasteiger partial charge in [-0.05, 0) is 30.7 Å². The fraction of sp³-hybridized carbons (Fsp3) is 0.562. The van der Waals surface area contributed by atoms with Gasteiger partial charge in [0.2, 0.25) is 0 Å². The van der Waals surface area contributed by atoms with Gasteiger partial charge >= 0.3 is 0 Å². The third kappa shape index (κ3) is 12.7. The lowest BCUT2D eigenvalue weighted by molar-refractivity contribution is 0.154. The lowest BCUT2D eigenvalue weighted by Gasteiger charge is -2.14. The number of aliphatic hydroxyl groups is 1. The van der Waals surface area contributed by atoms with Crippen molar-refractivity contribution < 1.29 is 18.3 Å². The molecule has 0 saturated heterocycles. The van der Waals surface area contributed by atoms with Crippen LogP contribution in [0.5, 0.6) is 0 Å². The van der Waals surface area contributed by atoms with Crippen LogP contribution in [0.25, 0.3) is 0 Å². The molecule has 1 unspecified atom stereocenters. The first-order valence-electron chi connectivity index (χ1n) is 8.13. The number of aliphatic hydroxyl groups excluding tert-OH is 1. The number of nitrogens with one attached hydrogen (secondary N) is 2. The van der Waals surface area contributed by atoms with Crippen LogP contribution in [0.1, 0.15) is 18.6 Å². The van der Waals surface area contributed by atoms with E-state index in [9.17, 15) is 13.5 Å². The van der Waals surface area contributed by atoms with E-state index < -0.39 is 15.9 Å². The smallest absolute Gasteiger partial charge is 0.191 e. The summed E-state index contributed by atoms with van der Waals surface area (Å²) >= 11 is 11.9. The zero-order valence-corrected chi connectivity index (χ0v) is 19.9. The Bertz CT molecular complexity index is 685. The number of benzene rings is 1. The largest absolute Gasteiger partial charge is 0.386 e. The van der Waals surface area contributed by atoms with Crippen molar-refractivity contribution in [3.05, 3.63) is 33.8 Å². The number of ether oxygens (including phenoxy) is 1. The van der Waals surface area contributed by atoms with Crippen molar-refractivity contribution >= 4 is 63.0 Å². The van der Waals surface area contributed by atoms with Crippen molar-refractivity contribution in [1.29, 1.82) is 0 Å². The molecule has 156 valence electrons. The van der Waals surface area contributed by atoms with E-state index in [2.05, 4.69) is 15.6 Å². The Kier molecular flexibility index (Phi) is 13.6. The summed E-state index contributed by atoms with van der Waals surface area (Å²) in [7, 11) is -3.02.